The predicted molar refractivity (Wildman–Crippen MR) is 74.4 cm³/mol. The average Bonchev–Trinajstić information content (AvgIpc) is 2.51. The highest BCUT2D eigenvalue weighted by Gasteiger charge is 2.17. The lowest BCUT2D eigenvalue weighted by Gasteiger charge is -2.22. The monoisotopic (exact) mass is 274 g/mol. The van der Waals surface area contributed by atoms with E-state index in [2.05, 4.69) is 10.3 Å². The third-order valence-electron chi connectivity index (χ3n) is 3.79. The summed E-state index contributed by atoms with van der Waals surface area (Å²) in [5.41, 5.74) is 2.60. The standard InChI is InChI=1S/C16H16F2N2/c17-14-2-1-12(9-15(14)18)13-5-8-20-16(10-13)11-3-6-19-7-4-11/h1-2,5,8-11,19H,3-4,6-7H2. The average molecular weight is 274 g/mol. The van der Waals surface area contributed by atoms with Gasteiger partial charge in [-0.05, 0) is 61.3 Å². The fourth-order valence-corrected chi connectivity index (χ4v) is 2.64. The van der Waals surface area contributed by atoms with Crippen LogP contribution in [0.25, 0.3) is 11.1 Å². The molecule has 0 unspecified atom stereocenters. The Morgan fingerprint density at radius 3 is 2.45 bits per heavy atom. The highest BCUT2D eigenvalue weighted by molar-refractivity contribution is 5.63. The van der Waals surface area contributed by atoms with Crippen LogP contribution in [0.3, 0.4) is 0 Å². The van der Waals surface area contributed by atoms with Crippen molar-refractivity contribution in [1.29, 1.82) is 0 Å². The van der Waals surface area contributed by atoms with Crippen molar-refractivity contribution in [3.8, 4) is 11.1 Å². The molecule has 4 heteroatoms. The van der Waals surface area contributed by atoms with Crippen LogP contribution in [0, 0.1) is 11.6 Å². The van der Waals surface area contributed by atoms with Crippen molar-refractivity contribution in [1.82, 2.24) is 10.3 Å². The van der Waals surface area contributed by atoms with E-state index in [0.717, 1.165) is 43.3 Å². The Bertz CT molecular complexity index is 607. The van der Waals surface area contributed by atoms with Gasteiger partial charge in [-0.2, -0.15) is 0 Å². The Kier molecular flexibility index (Phi) is 3.74. The molecule has 0 saturated carbocycles. The minimum Gasteiger partial charge on any atom is -0.317 e. The molecule has 0 spiro atoms. The highest BCUT2D eigenvalue weighted by Crippen LogP contribution is 2.28. The summed E-state index contributed by atoms with van der Waals surface area (Å²) < 4.78 is 26.3. The number of piperidine rings is 1. The normalized spacial score (nSPS) is 16.3. The summed E-state index contributed by atoms with van der Waals surface area (Å²) in [6.45, 7) is 2.00. The zero-order valence-electron chi connectivity index (χ0n) is 11.1. The van der Waals surface area contributed by atoms with Crippen molar-refractivity contribution >= 4 is 0 Å². The molecule has 0 bridgehead atoms. The van der Waals surface area contributed by atoms with E-state index < -0.39 is 11.6 Å². The maximum Gasteiger partial charge on any atom is 0.159 e. The number of hydrogen-bond donors (Lipinski definition) is 1. The fraction of sp³-hybridized carbons (Fsp3) is 0.312. The van der Waals surface area contributed by atoms with E-state index in [0.29, 0.717) is 11.5 Å². The van der Waals surface area contributed by atoms with Gasteiger partial charge in [-0.15, -0.1) is 0 Å². The molecule has 0 amide bonds. The molecule has 3 rings (SSSR count). The van der Waals surface area contributed by atoms with Crippen molar-refractivity contribution in [2.45, 2.75) is 18.8 Å². The van der Waals surface area contributed by atoms with Gasteiger partial charge in [-0.1, -0.05) is 6.07 Å². The van der Waals surface area contributed by atoms with Crippen LogP contribution in [0.15, 0.2) is 36.5 Å². The van der Waals surface area contributed by atoms with Gasteiger partial charge < -0.3 is 5.32 Å². The van der Waals surface area contributed by atoms with Gasteiger partial charge in [-0.25, -0.2) is 8.78 Å². The van der Waals surface area contributed by atoms with E-state index in [9.17, 15) is 8.78 Å². The summed E-state index contributed by atoms with van der Waals surface area (Å²) in [6, 6.07) is 7.81. The largest absolute Gasteiger partial charge is 0.317 e. The maximum atomic E-state index is 13.3. The zero-order valence-corrected chi connectivity index (χ0v) is 11.1. The third-order valence-corrected chi connectivity index (χ3v) is 3.79. The smallest absolute Gasteiger partial charge is 0.159 e. The van der Waals surface area contributed by atoms with Gasteiger partial charge in [0.2, 0.25) is 0 Å². The number of nitrogens with one attached hydrogen (secondary N) is 1. The molecule has 2 nitrogen and oxygen atoms in total. The Hall–Kier alpha value is -1.81. The minimum absolute atomic E-state index is 0.446. The lowest BCUT2D eigenvalue weighted by molar-refractivity contribution is 0.453. The predicted octanol–water partition coefficient (Wildman–Crippen LogP) is 3.49. The first kappa shape index (κ1) is 13.2. The number of rotatable bonds is 2. The molecule has 2 heterocycles. The van der Waals surface area contributed by atoms with Crippen molar-refractivity contribution in [2.24, 2.45) is 0 Å². The number of hydrogen-bond acceptors (Lipinski definition) is 2. The Morgan fingerprint density at radius 2 is 1.70 bits per heavy atom. The molecule has 1 aliphatic rings. The molecule has 0 atom stereocenters. The van der Waals surface area contributed by atoms with Crippen molar-refractivity contribution < 1.29 is 8.78 Å². The van der Waals surface area contributed by atoms with E-state index in [1.165, 1.54) is 6.07 Å². The molecule has 1 fully saturated rings. The lowest BCUT2D eigenvalue weighted by atomic mass is 9.92. The van der Waals surface area contributed by atoms with Crippen LogP contribution in [0.4, 0.5) is 8.78 Å². The fourth-order valence-electron chi connectivity index (χ4n) is 2.64. The molecular formula is C16H16F2N2. The molecule has 0 aliphatic carbocycles. The quantitative estimate of drug-likeness (QED) is 0.906. The molecule has 1 N–H and O–H groups in total. The Balaban J connectivity index is 1.91. The number of benzene rings is 1. The number of halogens is 2. The molecule has 1 aromatic carbocycles. The number of aromatic nitrogens is 1. The summed E-state index contributed by atoms with van der Waals surface area (Å²) in [5, 5.41) is 3.33. The third kappa shape index (κ3) is 2.70. The Labute approximate surface area is 116 Å². The van der Waals surface area contributed by atoms with Gasteiger partial charge in [0.1, 0.15) is 0 Å². The first-order valence-electron chi connectivity index (χ1n) is 6.86. The van der Waals surface area contributed by atoms with Crippen LogP contribution >= 0.6 is 0 Å². The van der Waals surface area contributed by atoms with Gasteiger partial charge in [0.15, 0.2) is 11.6 Å². The summed E-state index contributed by atoms with van der Waals surface area (Å²) in [5.74, 6) is -1.19. The molecule has 2 aromatic rings. The second-order valence-corrected chi connectivity index (χ2v) is 5.12. The van der Waals surface area contributed by atoms with Gasteiger partial charge in [0.25, 0.3) is 0 Å². The van der Waals surface area contributed by atoms with Gasteiger partial charge in [0.05, 0.1) is 0 Å². The number of nitrogens with zero attached hydrogens (tertiary/aromatic N) is 1. The minimum atomic E-state index is -0.818. The molecule has 20 heavy (non-hydrogen) atoms. The van der Waals surface area contributed by atoms with E-state index in [1.807, 2.05) is 12.1 Å². The first-order valence-corrected chi connectivity index (χ1v) is 6.86. The van der Waals surface area contributed by atoms with E-state index in [-0.39, 0.29) is 0 Å². The molecular weight excluding hydrogens is 258 g/mol. The van der Waals surface area contributed by atoms with Gasteiger partial charge >= 0.3 is 0 Å². The van der Waals surface area contributed by atoms with Crippen LogP contribution < -0.4 is 5.32 Å². The SMILES string of the molecule is Fc1ccc(-c2ccnc(C3CCNCC3)c2)cc1F. The van der Waals surface area contributed by atoms with Gasteiger partial charge in [0, 0.05) is 17.8 Å². The summed E-state index contributed by atoms with van der Waals surface area (Å²) >= 11 is 0. The second-order valence-electron chi connectivity index (χ2n) is 5.12. The van der Waals surface area contributed by atoms with Crippen molar-refractivity contribution in [2.75, 3.05) is 13.1 Å². The lowest BCUT2D eigenvalue weighted by Crippen LogP contribution is -2.27. The van der Waals surface area contributed by atoms with E-state index in [1.54, 1.807) is 12.3 Å². The molecule has 1 aliphatic heterocycles. The van der Waals surface area contributed by atoms with Crippen LogP contribution in [0.2, 0.25) is 0 Å². The Morgan fingerprint density at radius 1 is 0.950 bits per heavy atom. The van der Waals surface area contributed by atoms with Crippen LogP contribution in [0.5, 0.6) is 0 Å². The molecule has 1 aromatic heterocycles. The van der Waals surface area contributed by atoms with Crippen molar-refractivity contribution in [3.63, 3.8) is 0 Å². The molecule has 0 radical (unpaired) electrons. The summed E-state index contributed by atoms with van der Waals surface area (Å²) in [4.78, 5) is 4.43. The molecule has 104 valence electrons. The zero-order chi connectivity index (χ0) is 13.9. The second kappa shape index (κ2) is 5.67. The van der Waals surface area contributed by atoms with E-state index in [4.69, 9.17) is 0 Å². The maximum absolute atomic E-state index is 13.3. The van der Waals surface area contributed by atoms with Crippen LogP contribution in [0.1, 0.15) is 24.5 Å². The van der Waals surface area contributed by atoms with Gasteiger partial charge in [-0.3, -0.25) is 4.98 Å². The van der Waals surface area contributed by atoms with Crippen LogP contribution in [-0.2, 0) is 0 Å². The van der Waals surface area contributed by atoms with E-state index >= 15 is 0 Å². The summed E-state index contributed by atoms with van der Waals surface area (Å²) in [7, 11) is 0. The topological polar surface area (TPSA) is 24.9 Å². The first-order chi connectivity index (χ1) is 9.74. The molecule has 1 saturated heterocycles. The summed E-state index contributed by atoms with van der Waals surface area (Å²) in [6.07, 6.45) is 3.87. The van der Waals surface area contributed by atoms with Crippen molar-refractivity contribution in [3.05, 3.63) is 53.9 Å². The van der Waals surface area contributed by atoms with Crippen LogP contribution in [-0.4, -0.2) is 18.1 Å². The number of pyridine rings is 1. The highest BCUT2D eigenvalue weighted by atomic mass is 19.2.